The Bertz CT molecular complexity index is 297. The third kappa shape index (κ3) is 3.60. The van der Waals surface area contributed by atoms with Gasteiger partial charge in [0.1, 0.15) is 6.73 Å². The molecule has 1 aromatic rings. The van der Waals surface area contributed by atoms with Gasteiger partial charge in [-0.05, 0) is 24.6 Å². The van der Waals surface area contributed by atoms with Crippen molar-refractivity contribution >= 4 is 11.8 Å². The molecule has 0 aromatic heterocycles. The van der Waals surface area contributed by atoms with Crippen LogP contribution in [0.4, 0.5) is 5.69 Å². The summed E-state index contributed by atoms with van der Waals surface area (Å²) in [6, 6.07) is 8.15. The number of benzene rings is 1. The Morgan fingerprint density at radius 2 is 2.29 bits per heavy atom. The van der Waals surface area contributed by atoms with Crippen molar-refractivity contribution in [3.8, 4) is 0 Å². The van der Waals surface area contributed by atoms with Gasteiger partial charge in [-0.1, -0.05) is 24.3 Å². The minimum Gasteiger partial charge on any atom is -0.361 e. The third-order valence-corrected chi connectivity index (χ3v) is 1.74. The number of hydrogen-bond donors (Lipinski definition) is 2. The van der Waals surface area contributed by atoms with E-state index in [2.05, 4.69) is 29.0 Å². The topological polar surface area (TPSA) is 33.3 Å². The molecule has 14 heavy (non-hydrogen) atoms. The predicted octanol–water partition coefficient (Wildman–Crippen LogP) is 2.24. The molecule has 0 saturated heterocycles. The Hall–Kier alpha value is -1.32. The lowest BCUT2D eigenvalue weighted by atomic mass is 10.2. The van der Waals surface area contributed by atoms with Gasteiger partial charge in [0, 0.05) is 12.7 Å². The lowest BCUT2D eigenvalue weighted by molar-refractivity contribution is 0.0727. The van der Waals surface area contributed by atoms with Crippen LogP contribution in [-0.2, 0) is 4.84 Å². The molecule has 0 aliphatic heterocycles. The molecule has 0 atom stereocenters. The second-order valence-corrected chi connectivity index (χ2v) is 2.80. The molecule has 0 aliphatic rings. The molecule has 3 nitrogen and oxygen atoms in total. The third-order valence-electron chi connectivity index (χ3n) is 1.74. The van der Waals surface area contributed by atoms with Crippen molar-refractivity contribution in [2.75, 3.05) is 19.1 Å². The number of nitrogens with one attached hydrogen (secondary N) is 2. The molecule has 0 saturated carbocycles. The average molecular weight is 192 g/mol. The van der Waals surface area contributed by atoms with E-state index in [1.807, 2.05) is 25.1 Å². The van der Waals surface area contributed by atoms with Crippen LogP contribution in [0.3, 0.4) is 0 Å². The molecule has 1 aromatic carbocycles. The first-order valence-corrected chi connectivity index (χ1v) is 4.62. The van der Waals surface area contributed by atoms with Crippen LogP contribution in [0.25, 0.3) is 6.08 Å². The minimum absolute atomic E-state index is 0.454. The Kier molecular flexibility index (Phi) is 4.75. The largest absolute Gasteiger partial charge is 0.361 e. The number of hydroxylamine groups is 1. The fourth-order valence-corrected chi connectivity index (χ4v) is 1.14. The molecule has 0 amide bonds. The second kappa shape index (κ2) is 6.18. The summed E-state index contributed by atoms with van der Waals surface area (Å²) in [6.45, 7) is 2.46. The van der Waals surface area contributed by atoms with Crippen molar-refractivity contribution in [2.24, 2.45) is 0 Å². The summed E-state index contributed by atoms with van der Waals surface area (Å²) in [5.74, 6) is 0. The van der Waals surface area contributed by atoms with Crippen molar-refractivity contribution < 1.29 is 4.84 Å². The van der Waals surface area contributed by atoms with Crippen LogP contribution in [-0.4, -0.2) is 13.8 Å². The molecule has 1 rings (SSSR count). The molecule has 0 heterocycles. The van der Waals surface area contributed by atoms with E-state index in [1.165, 1.54) is 5.56 Å². The van der Waals surface area contributed by atoms with Gasteiger partial charge in [0.05, 0.1) is 0 Å². The van der Waals surface area contributed by atoms with Crippen LogP contribution in [0.1, 0.15) is 12.5 Å². The van der Waals surface area contributed by atoms with E-state index in [1.54, 1.807) is 7.05 Å². The molecule has 3 heteroatoms. The standard InChI is InChI=1S/C11H16N2O/c1-3-5-10-6-4-7-11(8-10)13-9-14-12-2/h3-8,12-13H,9H2,1-2H3. The van der Waals surface area contributed by atoms with Gasteiger partial charge in [0.2, 0.25) is 0 Å². The minimum atomic E-state index is 0.454. The summed E-state index contributed by atoms with van der Waals surface area (Å²) in [6.07, 6.45) is 4.08. The van der Waals surface area contributed by atoms with Gasteiger partial charge in [0.25, 0.3) is 0 Å². The average Bonchev–Trinajstić information content (AvgIpc) is 2.19. The fraction of sp³-hybridized carbons (Fsp3) is 0.273. The Morgan fingerprint density at radius 3 is 3.00 bits per heavy atom. The molecular formula is C11H16N2O. The van der Waals surface area contributed by atoms with Gasteiger partial charge in [-0.2, -0.15) is 0 Å². The summed E-state index contributed by atoms with van der Waals surface area (Å²) in [7, 11) is 1.73. The second-order valence-electron chi connectivity index (χ2n) is 2.80. The molecule has 0 unspecified atom stereocenters. The SMILES string of the molecule is CC=Cc1cccc(NCONC)c1. The van der Waals surface area contributed by atoms with Gasteiger partial charge in [0.15, 0.2) is 0 Å². The molecule has 2 N–H and O–H groups in total. The maximum Gasteiger partial charge on any atom is 0.137 e. The summed E-state index contributed by atoms with van der Waals surface area (Å²) < 4.78 is 0. The van der Waals surface area contributed by atoms with Crippen molar-refractivity contribution in [3.63, 3.8) is 0 Å². The molecule has 76 valence electrons. The zero-order chi connectivity index (χ0) is 10.2. The van der Waals surface area contributed by atoms with E-state index in [-0.39, 0.29) is 0 Å². The normalized spacial score (nSPS) is 10.7. The Balaban J connectivity index is 2.54. The Morgan fingerprint density at radius 1 is 1.43 bits per heavy atom. The van der Waals surface area contributed by atoms with E-state index >= 15 is 0 Å². The van der Waals surface area contributed by atoms with Crippen LogP contribution in [0.2, 0.25) is 0 Å². The van der Waals surface area contributed by atoms with Gasteiger partial charge < -0.3 is 5.32 Å². The highest BCUT2D eigenvalue weighted by molar-refractivity contribution is 5.56. The first-order valence-electron chi connectivity index (χ1n) is 4.62. The zero-order valence-corrected chi connectivity index (χ0v) is 8.58. The molecule has 0 radical (unpaired) electrons. The lowest BCUT2D eigenvalue weighted by Crippen LogP contribution is -2.14. The number of rotatable bonds is 5. The van der Waals surface area contributed by atoms with Crippen molar-refractivity contribution in [3.05, 3.63) is 35.9 Å². The maximum atomic E-state index is 4.96. The van der Waals surface area contributed by atoms with Gasteiger partial charge in [-0.25, -0.2) is 5.48 Å². The molecule has 0 aliphatic carbocycles. The van der Waals surface area contributed by atoms with E-state index in [0.717, 1.165) is 5.69 Å². The van der Waals surface area contributed by atoms with E-state index in [4.69, 9.17) is 4.84 Å². The van der Waals surface area contributed by atoms with E-state index in [0.29, 0.717) is 6.73 Å². The van der Waals surface area contributed by atoms with Crippen molar-refractivity contribution in [1.29, 1.82) is 0 Å². The smallest absolute Gasteiger partial charge is 0.137 e. The molecule has 0 bridgehead atoms. The fourth-order valence-electron chi connectivity index (χ4n) is 1.14. The number of anilines is 1. The first-order chi connectivity index (χ1) is 6.86. The van der Waals surface area contributed by atoms with Gasteiger partial charge in [-0.15, -0.1) is 0 Å². The quantitative estimate of drug-likeness (QED) is 0.426. The van der Waals surface area contributed by atoms with Crippen LogP contribution >= 0.6 is 0 Å². The van der Waals surface area contributed by atoms with Gasteiger partial charge in [-0.3, -0.25) is 4.84 Å². The predicted molar refractivity (Wildman–Crippen MR) is 59.8 cm³/mol. The zero-order valence-electron chi connectivity index (χ0n) is 8.58. The maximum absolute atomic E-state index is 4.96. The lowest BCUT2D eigenvalue weighted by Gasteiger charge is -2.06. The number of hydrogen-bond acceptors (Lipinski definition) is 3. The summed E-state index contributed by atoms with van der Waals surface area (Å²) in [4.78, 5) is 4.96. The summed E-state index contributed by atoms with van der Waals surface area (Å²) in [5, 5.41) is 3.13. The highest BCUT2D eigenvalue weighted by Gasteiger charge is 1.91. The number of allylic oxidation sites excluding steroid dienone is 1. The summed E-state index contributed by atoms with van der Waals surface area (Å²) >= 11 is 0. The van der Waals surface area contributed by atoms with Gasteiger partial charge >= 0.3 is 0 Å². The van der Waals surface area contributed by atoms with Crippen molar-refractivity contribution in [2.45, 2.75) is 6.92 Å². The highest BCUT2D eigenvalue weighted by Crippen LogP contribution is 2.11. The van der Waals surface area contributed by atoms with Crippen LogP contribution in [0, 0.1) is 0 Å². The van der Waals surface area contributed by atoms with Crippen LogP contribution in [0.15, 0.2) is 30.3 Å². The molecular weight excluding hydrogens is 176 g/mol. The first kappa shape index (κ1) is 10.8. The van der Waals surface area contributed by atoms with E-state index < -0.39 is 0 Å². The highest BCUT2D eigenvalue weighted by atomic mass is 16.6. The van der Waals surface area contributed by atoms with Crippen LogP contribution < -0.4 is 10.8 Å². The van der Waals surface area contributed by atoms with Crippen LogP contribution in [0.5, 0.6) is 0 Å². The molecule has 0 fully saturated rings. The Labute approximate surface area is 84.7 Å². The van der Waals surface area contributed by atoms with E-state index in [9.17, 15) is 0 Å². The summed E-state index contributed by atoms with van der Waals surface area (Å²) in [5.41, 5.74) is 4.84. The van der Waals surface area contributed by atoms with Crippen molar-refractivity contribution in [1.82, 2.24) is 5.48 Å². The molecule has 0 spiro atoms. The monoisotopic (exact) mass is 192 g/mol.